The summed E-state index contributed by atoms with van der Waals surface area (Å²) in [7, 11) is 1.71. The Kier molecular flexibility index (Phi) is 4.88. The summed E-state index contributed by atoms with van der Waals surface area (Å²) >= 11 is 0. The molecule has 0 unspecified atom stereocenters. The van der Waals surface area contributed by atoms with Gasteiger partial charge in [0.15, 0.2) is 0 Å². The predicted molar refractivity (Wildman–Crippen MR) is 36.5 cm³/mol. The molecule has 0 aromatic carbocycles. The summed E-state index contributed by atoms with van der Waals surface area (Å²) in [6.07, 6.45) is 0.122. The minimum Gasteiger partial charge on any atom is -0.481 e. The average molecular weight is 147 g/mol. The van der Waals surface area contributed by atoms with E-state index in [9.17, 15) is 4.79 Å². The van der Waals surface area contributed by atoms with E-state index in [4.69, 9.17) is 9.94 Å². The highest BCUT2D eigenvalue weighted by Crippen LogP contribution is 1.87. The summed E-state index contributed by atoms with van der Waals surface area (Å²) in [6.45, 7) is 2.87. The molecule has 0 saturated heterocycles. The number of nitrogens with zero attached hydrogens (tertiary/aromatic N) is 1. The Labute approximate surface area is 60.3 Å². The Morgan fingerprint density at radius 1 is 1.70 bits per heavy atom. The summed E-state index contributed by atoms with van der Waals surface area (Å²) in [5.41, 5.74) is 0. The molecule has 0 aliphatic carbocycles. The first-order valence-corrected chi connectivity index (χ1v) is 3.22. The lowest BCUT2D eigenvalue weighted by molar-refractivity contribution is -0.150. The molecular weight excluding hydrogens is 134 g/mol. The molecule has 0 bridgehead atoms. The number of aliphatic carboxylic acids is 1. The smallest absolute Gasteiger partial charge is 0.304 e. The van der Waals surface area contributed by atoms with Crippen molar-refractivity contribution in [1.82, 2.24) is 5.06 Å². The molecule has 0 rings (SSSR count). The maximum Gasteiger partial charge on any atom is 0.304 e. The number of rotatable bonds is 5. The van der Waals surface area contributed by atoms with Gasteiger partial charge in [-0.3, -0.25) is 9.63 Å². The van der Waals surface area contributed by atoms with Gasteiger partial charge in [0.25, 0.3) is 0 Å². The van der Waals surface area contributed by atoms with Crippen LogP contribution in [0.2, 0.25) is 0 Å². The lowest BCUT2D eigenvalue weighted by Crippen LogP contribution is -2.21. The zero-order valence-electron chi connectivity index (χ0n) is 6.33. The Balaban J connectivity index is 3.21. The van der Waals surface area contributed by atoms with Crippen LogP contribution in [0.3, 0.4) is 0 Å². The number of hydrogen-bond donors (Lipinski definition) is 1. The van der Waals surface area contributed by atoms with Gasteiger partial charge in [-0.2, -0.15) is 5.06 Å². The Morgan fingerprint density at radius 2 is 2.30 bits per heavy atom. The largest absolute Gasteiger partial charge is 0.481 e. The van der Waals surface area contributed by atoms with Crippen molar-refractivity contribution in [3.63, 3.8) is 0 Å². The van der Waals surface area contributed by atoms with Crippen LogP contribution in [0.1, 0.15) is 13.3 Å². The molecule has 1 N–H and O–H groups in total. The van der Waals surface area contributed by atoms with Crippen LogP contribution in [-0.4, -0.2) is 36.3 Å². The number of carbonyl (C=O) groups is 1. The number of hydrogen-bond acceptors (Lipinski definition) is 3. The zero-order chi connectivity index (χ0) is 7.98. The van der Waals surface area contributed by atoms with E-state index in [1.165, 1.54) is 5.06 Å². The summed E-state index contributed by atoms with van der Waals surface area (Å²) < 4.78 is 0. The average Bonchev–Trinajstić information content (AvgIpc) is 1.85. The van der Waals surface area contributed by atoms with E-state index < -0.39 is 5.97 Å². The zero-order valence-corrected chi connectivity index (χ0v) is 6.33. The van der Waals surface area contributed by atoms with Gasteiger partial charge in [-0.15, -0.1) is 0 Å². The molecular formula is C6H13NO3. The fourth-order valence-corrected chi connectivity index (χ4v) is 0.538. The minimum atomic E-state index is -0.799. The van der Waals surface area contributed by atoms with Gasteiger partial charge in [-0.1, -0.05) is 0 Å². The third kappa shape index (κ3) is 5.53. The molecule has 0 atom stereocenters. The van der Waals surface area contributed by atoms with Crippen molar-refractivity contribution in [3.8, 4) is 0 Å². The predicted octanol–water partition coefficient (Wildman–Crippen LogP) is 0.344. The maximum atomic E-state index is 10.0. The molecule has 4 nitrogen and oxygen atoms in total. The number of hydroxylamine groups is 2. The van der Waals surface area contributed by atoms with Crippen molar-refractivity contribution in [2.75, 3.05) is 20.2 Å². The molecule has 60 valence electrons. The summed E-state index contributed by atoms with van der Waals surface area (Å²) in [4.78, 5) is 15.0. The van der Waals surface area contributed by atoms with Crippen LogP contribution in [0, 0.1) is 0 Å². The summed E-state index contributed by atoms with van der Waals surface area (Å²) in [5, 5.41) is 9.77. The monoisotopic (exact) mass is 147 g/mol. The fraction of sp³-hybridized carbons (Fsp3) is 0.833. The number of carboxylic acids is 1. The molecule has 0 heterocycles. The van der Waals surface area contributed by atoms with Gasteiger partial charge in [-0.05, 0) is 6.92 Å². The Morgan fingerprint density at radius 3 is 2.70 bits per heavy atom. The van der Waals surface area contributed by atoms with Gasteiger partial charge in [0.05, 0.1) is 13.0 Å². The van der Waals surface area contributed by atoms with E-state index in [0.29, 0.717) is 13.2 Å². The first kappa shape index (κ1) is 9.39. The van der Waals surface area contributed by atoms with Crippen molar-refractivity contribution >= 4 is 5.97 Å². The minimum absolute atomic E-state index is 0.122. The van der Waals surface area contributed by atoms with Crippen LogP contribution >= 0.6 is 0 Å². The number of carboxylic acid groups (broad SMARTS) is 1. The molecule has 0 amide bonds. The first-order valence-electron chi connectivity index (χ1n) is 3.22. The quantitative estimate of drug-likeness (QED) is 0.570. The molecule has 0 fully saturated rings. The van der Waals surface area contributed by atoms with Crippen LogP contribution in [0.25, 0.3) is 0 Å². The fourth-order valence-electron chi connectivity index (χ4n) is 0.538. The molecule has 0 aromatic rings. The highest BCUT2D eigenvalue weighted by atomic mass is 16.7. The first-order chi connectivity index (χ1) is 4.66. The van der Waals surface area contributed by atoms with Crippen LogP contribution in [0.15, 0.2) is 0 Å². The molecule has 0 aromatic heterocycles. The third-order valence-electron chi connectivity index (χ3n) is 0.990. The molecule has 4 heteroatoms. The van der Waals surface area contributed by atoms with E-state index in [1.54, 1.807) is 7.05 Å². The molecule has 0 saturated carbocycles. The van der Waals surface area contributed by atoms with Gasteiger partial charge in [0.1, 0.15) is 0 Å². The topological polar surface area (TPSA) is 49.8 Å². The van der Waals surface area contributed by atoms with Gasteiger partial charge in [-0.25, -0.2) is 0 Å². The van der Waals surface area contributed by atoms with E-state index in [0.717, 1.165) is 0 Å². The van der Waals surface area contributed by atoms with E-state index in [2.05, 4.69) is 0 Å². The van der Waals surface area contributed by atoms with Crippen LogP contribution in [0.4, 0.5) is 0 Å². The molecule has 10 heavy (non-hydrogen) atoms. The molecule has 0 radical (unpaired) electrons. The lowest BCUT2D eigenvalue weighted by atomic mass is 10.4. The van der Waals surface area contributed by atoms with Crippen molar-refractivity contribution in [2.24, 2.45) is 0 Å². The summed E-state index contributed by atoms with van der Waals surface area (Å²) in [6, 6.07) is 0. The Hall–Kier alpha value is -0.610. The van der Waals surface area contributed by atoms with E-state index in [-0.39, 0.29) is 6.42 Å². The van der Waals surface area contributed by atoms with Crippen LogP contribution in [-0.2, 0) is 9.63 Å². The highest BCUT2D eigenvalue weighted by Gasteiger charge is 2.00. The maximum absolute atomic E-state index is 10.0. The van der Waals surface area contributed by atoms with E-state index >= 15 is 0 Å². The Bertz CT molecular complexity index is 105. The van der Waals surface area contributed by atoms with E-state index in [1.807, 2.05) is 6.92 Å². The SMILES string of the molecule is CCON(C)CCC(=O)O. The highest BCUT2D eigenvalue weighted by molar-refractivity contribution is 5.66. The second-order valence-corrected chi connectivity index (χ2v) is 1.91. The van der Waals surface area contributed by atoms with Gasteiger partial charge in [0.2, 0.25) is 0 Å². The standard InChI is InChI=1S/C6H13NO3/c1-3-10-7(2)5-4-6(8)9/h3-5H2,1-2H3,(H,8,9). The van der Waals surface area contributed by atoms with Crippen LogP contribution in [0.5, 0.6) is 0 Å². The van der Waals surface area contributed by atoms with Crippen molar-refractivity contribution in [3.05, 3.63) is 0 Å². The van der Waals surface area contributed by atoms with Crippen molar-refractivity contribution in [2.45, 2.75) is 13.3 Å². The summed E-state index contributed by atoms with van der Waals surface area (Å²) in [5.74, 6) is -0.799. The second kappa shape index (κ2) is 5.20. The third-order valence-corrected chi connectivity index (χ3v) is 0.990. The molecule has 0 aliphatic rings. The lowest BCUT2D eigenvalue weighted by Gasteiger charge is -2.12. The van der Waals surface area contributed by atoms with Gasteiger partial charge in [0, 0.05) is 13.6 Å². The van der Waals surface area contributed by atoms with Gasteiger partial charge < -0.3 is 5.11 Å². The molecule has 0 aliphatic heterocycles. The van der Waals surface area contributed by atoms with Crippen molar-refractivity contribution < 1.29 is 14.7 Å². The van der Waals surface area contributed by atoms with Gasteiger partial charge >= 0.3 is 5.97 Å². The van der Waals surface area contributed by atoms with Crippen molar-refractivity contribution in [1.29, 1.82) is 0 Å². The molecule has 0 spiro atoms. The van der Waals surface area contributed by atoms with Crippen LogP contribution < -0.4 is 0 Å². The normalized spacial score (nSPS) is 10.3. The second-order valence-electron chi connectivity index (χ2n) is 1.91.